The van der Waals surface area contributed by atoms with Gasteiger partial charge in [-0.05, 0) is 31.2 Å². The van der Waals surface area contributed by atoms with Crippen LogP contribution in [0.1, 0.15) is 5.69 Å². The summed E-state index contributed by atoms with van der Waals surface area (Å²) in [5.74, 6) is 0.325. The SMILES string of the molecule is Cc1ncnc(-n2ccnc2-c2ccc(N)cc2)c1F. The predicted molar refractivity (Wildman–Crippen MR) is 73.7 cm³/mol. The molecule has 0 spiro atoms. The highest BCUT2D eigenvalue weighted by Crippen LogP contribution is 2.23. The first-order chi connectivity index (χ1) is 9.66. The Morgan fingerprint density at radius 2 is 1.85 bits per heavy atom. The van der Waals surface area contributed by atoms with Crippen molar-refractivity contribution in [2.24, 2.45) is 0 Å². The van der Waals surface area contributed by atoms with E-state index in [0.29, 0.717) is 17.2 Å². The maximum atomic E-state index is 14.1. The minimum absolute atomic E-state index is 0.182. The molecular weight excluding hydrogens is 257 g/mol. The third-order valence-electron chi connectivity index (χ3n) is 2.98. The van der Waals surface area contributed by atoms with E-state index in [-0.39, 0.29) is 5.82 Å². The Bertz CT molecular complexity index is 749. The lowest BCUT2D eigenvalue weighted by Gasteiger charge is -2.09. The van der Waals surface area contributed by atoms with Crippen LogP contribution in [-0.4, -0.2) is 19.5 Å². The maximum Gasteiger partial charge on any atom is 0.187 e. The van der Waals surface area contributed by atoms with Crippen molar-refractivity contribution in [2.45, 2.75) is 6.92 Å². The molecule has 0 saturated heterocycles. The van der Waals surface area contributed by atoms with Gasteiger partial charge in [-0.15, -0.1) is 0 Å². The smallest absolute Gasteiger partial charge is 0.187 e. The summed E-state index contributed by atoms with van der Waals surface area (Å²) in [6, 6.07) is 7.21. The summed E-state index contributed by atoms with van der Waals surface area (Å²) in [5, 5.41) is 0. The number of halogens is 1. The van der Waals surface area contributed by atoms with Crippen LogP contribution in [0.2, 0.25) is 0 Å². The molecule has 2 aromatic heterocycles. The number of aryl methyl sites for hydroxylation is 1. The van der Waals surface area contributed by atoms with E-state index < -0.39 is 5.82 Å². The Balaban J connectivity index is 2.15. The van der Waals surface area contributed by atoms with Crippen LogP contribution in [0, 0.1) is 12.7 Å². The van der Waals surface area contributed by atoms with Crippen molar-refractivity contribution < 1.29 is 4.39 Å². The number of hydrogen-bond donors (Lipinski definition) is 1. The van der Waals surface area contributed by atoms with Gasteiger partial charge in [0.2, 0.25) is 0 Å². The first-order valence-electron chi connectivity index (χ1n) is 6.03. The summed E-state index contributed by atoms with van der Waals surface area (Å²) < 4.78 is 15.7. The lowest BCUT2D eigenvalue weighted by Crippen LogP contribution is -2.05. The number of aromatic nitrogens is 4. The number of imidazole rings is 1. The first kappa shape index (κ1) is 12.3. The Labute approximate surface area is 114 Å². The van der Waals surface area contributed by atoms with Crippen molar-refractivity contribution in [1.29, 1.82) is 0 Å². The van der Waals surface area contributed by atoms with Gasteiger partial charge < -0.3 is 5.73 Å². The first-order valence-corrected chi connectivity index (χ1v) is 6.03. The molecule has 0 bridgehead atoms. The lowest BCUT2D eigenvalue weighted by molar-refractivity contribution is 0.590. The number of nitrogens with two attached hydrogens (primary N) is 1. The number of anilines is 1. The molecule has 0 aliphatic carbocycles. The molecule has 0 fully saturated rings. The van der Waals surface area contributed by atoms with Gasteiger partial charge in [0, 0.05) is 23.6 Å². The third kappa shape index (κ3) is 2.01. The molecule has 0 aliphatic rings. The molecule has 20 heavy (non-hydrogen) atoms. The van der Waals surface area contributed by atoms with Crippen LogP contribution >= 0.6 is 0 Å². The molecule has 0 saturated carbocycles. The van der Waals surface area contributed by atoms with Crippen LogP contribution in [0.4, 0.5) is 10.1 Å². The van der Waals surface area contributed by atoms with E-state index in [1.54, 1.807) is 36.0 Å². The maximum absolute atomic E-state index is 14.1. The number of rotatable bonds is 2. The van der Waals surface area contributed by atoms with E-state index >= 15 is 0 Å². The molecule has 2 heterocycles. The van der Waals surface area contributed by atoms with Crippen LogP contribution in [0.25, 0.3) is 17.2 Å². The van der Waals surface area contributed by atoms with Gasteiger partial charge in [-0.1, -0.05) is 0 Å². The average Bonchev–Trinajstić information content (AvgIpc) is 2.92. The van der Waals surface area contributed by atoms with Crippen molar-refractivity contribution >= 4 is 5.69 Å². The molecule has 3 rings (SSSR count). The van der Waals surface area contributed by atoms with Gasteiger partial charge in [0.1, 0.15) is 12.2 Å². The standard InChI is InChI=1S/C14H12FN5/c1-9-12(15)14(19-8-18-9)20-7-6-17-13(20)10-2-4-11(16)5-3-10/h2-8H,16H2,1H3. The molecule has 3 aromatic rings. The summed E-state index contributed by atoms with van der Waals surface area (Å²) in [7, 11) is 0. The molecule has 0 unspecified atom stereocenters. The van der Waals surface area contributed by atoms with Crippen LogP contribution in [-0.2, 0) is 0 Å². The molecule has 0 atom stereocenters. The van der Waals surface area contributed by atoms with E-state index in [4.69, 9.17) is 5.73 Å². The monoisotopic (exact) mass is 269 g/mol. The van der Waals surface area contributed by atoms with Gasteiger partial charge >= 0.3 is 0 Å². The zero-order valence-corrected chi connectivity index (χ0v) is 10.8. The Hall–Kier alpha value is -2.76. The summed E-state index contributed by atoms with van der Waals surface area (Å²) in [6.45, 7) is 1.60. The van der Waals surface area contributed by atoms with Gasteiger partial charge in [-0.25, -0.2) is 19.3 Å². The number of nitrogens with zero attached hydrogens (tertiary/aromatic N) is 4. The normalized spacial score (nSPS) is 10.7. The Kier molecular flexibility index (Phi) is 2.90. The van der Waals surface area contributed by atoms with E-state index in [2.05, 4.69) is 15.0 Å². The van der Waals surface area contributed by atoms with Gasteiger partial charge in [-0.3, -0.25) is 4.57 Å². The van der Waals surface area contributed by atoms with Gasteiger partial charge in [0.15, 0.2) is 11.6 Å². The van der Waals surface area contributed by atoms with E-state index in [9.17, 15) is 4.39 Å². The highest BCUT2D eigenvalue weighted by Gasteiger charge is 2.14. The average molecular weight is 269 g/mol. The second-order valence-corrected chi connectivity index (χ2v) is 4.34. The van der Waals surface area contributed by atoms with Gasteiger partial charge in [0.05, 0.1) is 5.69 Å². The van der Waals surface area contributed by atoms with Crippen LogP contribution < -0.4 is 5.73 Å². The molecule has 2 N–H and O–H groups in total. The quantitative estimate of drug-likeness (QED) is 0.725. The molecule has 0 aliphatic heterocycles. The predicted octanol–water partition coefficient (Wildman–Crippen LogP) is 2.36. The fraction of sp³-hybridized carbons (Fsp3) is 0.0714. The summed E-state index contributed by atoms with van der Waals surface area (Å²) in [5.41, 5.74) is 7.46. The minimum atomic E-state index is -0.456. The highest BCUT2D eigenvalue weighted by atomic mass is 19.1. The Morgan fingerprint density at radius 3 is 2.60 bits per heavy atom. The van der Waals surface area contributed by atoms with E-state index in [0.717, 1.165) is 5.56 Å². The summed E-state index contributed by atoms with van der Waals surface area (Å²) in [4.78, 5) is 12.1. The second kappa shape index (κ2) is 4.73. The van der Waals surface area contributed by atoms with Crippen molar-refractivity contribution in [2.75, 3.05) is 5.73 Å². The molecule has 100 valence electrons. The fourth-order valence-electron chi connectivity index (χ4n) is 1.93. The summed E-state index contributed by atoms with van der Waals surface area (Å²) in [6.07, 6.45) is 4.60. The minimum Gasteiger partial charge on any atom is -0.399 e. The highest BCUT2D eigenvalue weighted by molar-refractivity contribution is 5.61. The molecule has 0 amide bonds. The molecule has 1 aromatic carbocycles. The molecule has 5 nitrogen and oxygen atoms in total. The lowest BCUT2D eigenvalue weighted by atomic mass is 10.2. The fourth-order valence-corrected chi connectivity index (χ4v) is 1.93. The van der Waals surface area contributed by atoms with Crippen molar-refractivity contribution in [1.82, 2.24) is 19.5 Å². The van der Waals surface area contributed by atoms with Crippen molar-refractivity contribution in [3.8, 4) is 17.2 Å². The molecule has 0 radical (unpaired) electrons. The zero-order chi connectivity index (χ0) is 14.1. The number of hydrogen-bond acceptors (Lipinski definition) is 4. The third-order valence-corrected chi connectivity index (χ3v) is 2.98. The van der Waals surface area contributed by atoms with Crippen LogP contribution in [0.3, 0.4) is 0 Å². The van der Waals surface area contributed by atoms with Gasteiger partial charge in [-0.2, -0.15) is 0 Å². The zero-order valence-electron chi connectivity index (χ0n) is 10.8. The topological polar surface area (TPSA) is 69.6 Å². The van der Waals surface area contributed by atoms with E-state index in [1.807, 2.05) is 12.1 Å². The van der Waals surface area contributed by atoms with Crippen molar-refractivity contribution in [3.63, 3.8) is 0 Å². The van der Waals surface area contributed by atoms with Crippen molar-refractivity contribution in [3.05, 3.63) is 54.5 Å². The second-order valence-electron chi connectivity index (χ2n) is 4.34. The number of benzene rings is 1. The number of nitrogen functional groups attached to an aromatic ring is 1. The van der Waals surface area contributed by atoms with E-state index in [1.165, 1.54) is 6.33 Å². The van der Waals surface area contributed by atoms with Crippen LogP contribution in [0.15, 0.2) is 43.0 Å². The van der Waals surface area contributed by atoms with Crippen LogP contribution in [0.5, 0.6) is 0 Å². The van der Waals surface area contributed by atoms with Gasteiger partial charge in [0.25, 0.3) is 0 Å². The molecular formula is C14H12FN5. The molecule has 6 heteroatoms. The Morgan fingerprint density at radius 1 is 1.10 bits per heavy atom. The largest absolute Gasteiger partial charge is 0.399 e. The summed E-state index contributed by atoms with van der Waals surface area (Å²) >= 11 is 0.